The molecule has 2 aromatic carbocycles. The highest BCUT2D eigenvalue weighted by atomic mass is 79.9. The summed E-state index contributed by atoms with van der Waals surface area (Å²) in [4.78, 5) is 16.6. The molecular formula is C20H10BrF6N3O. The Morgan fingerprint density at radius 1 is 0.806 bits per heavy atom. The monoisotopic (exact) mass is 501 g/mol. The van der Waals surface area contributed by atoms with Gasteiger partial charge in [0, 0.05) is 22.2 Å². The largest absolute Gasteiger partial charge is 0.416 e. The Morgan fingerprint density at radius 2 is 1.39 bits per heavy atom. The molecule has 4 aromatic rings. The lowest BCUT2D eigenvalue weighted by Gasteiger charge is -2.14. The summed E-state index contributed by atoms with van der Waals surface area (Å²) in [5.74, 6) is 0. The Balaban J connectivity index is 1.88. The molecule has 0 fully saturated rings. The fraction of sp³-hybridized carbons (Fsp3) is 0.100. The average molecular weight is 502 g/mol. The van der Waals surface area contributed by atoms with Gasteiger partial charge in [-0.3, -0.25) is 9.89 Å². The van der Waals surface area contributed by atoms with Crippen molar-refractivity contribution in [2.24, 2.45) is 0 Å². The van der Waals surface area contributed by atoms with Crippen LogP contribution >= 0.6 is 15.9 Å². The number of nitrogens with one attached hydrogen (secondary N) is 1. The van der Waals surface area contributed by atoms with Crippen LogP contribution < -0.4 is 5.56 Å². The fourth-order valence-corrected chi connectivity index (χ4v) is 3.28. The number of H-pyrrole nitrogens is 1. The number of nitrogens with zero attached hydrogens (tertiary/aromatic N) is 2. The number of benzene rings is 2. The number of fused-ring (bicyclic) bond motifs is 1. The number of alkyl halides is 6. The highest BCUT2D eigenvalue weighted by molar-refractivity contribution is 9.10. The Labute approximate surface area is 178 Å². The predicted molar refractivity (Wildman–Crippen MR) is 104 cm³/mol. The van der Waals surface area contributed by atoms with Crippen LogP contribution in [0.25, 0.3) is 28.2 Å². The molecular weight excluding hydrogens is 492 g/mol. The Kier molecular flexibility index (Phi) is 4.95. The number of halogens is 7. The van der Waals surface area contributed by atoms with E-state index in [0.29, 0.717) is 23.4 Å². The van der Waals surface area contributed by atoms with E-state index in [9.17, 15) is 31.1 Å². The molecule has 0 aliphatic heterocycles. The first-order valence-corrected chi connectivity index (χ1v) is 9.40. The van der Waals surface area contributed by atoms with E-state index < -0.39 is 34.6 Å². The third kappa shape index (κ3) is 4.22. The molecule has 4 rings (SSSR count). The second-order valence-electron chi connectivity index (χ2n) is 6.64. The summed E-state index contributed by atoms with van der Waals surface area (Å²) >= 11 is 3.30. The molecule has 11 heteroatoms. The van der Waals surface area contributed by atoms with Crippen LogP contribution in [0.2, 0.25) is 0 Å². The van der Waals surface area contributed by atoms with Crippen LogP contribution in [-0.4, -0.2) is 14.6 Å². The third-order valence-electron chi connectivity index (χ3n) is 4.49. The Bertz CT molecular complexity index is 1300. The van der Waals surface area contributed by atoms with Crippen molar-refractivity contribution in [2.75, 3.05) is 0 Å². The van der Waals surface area contributed by atoms with Gasteiger partial charge in [0.2, 0.25) is 0 Å². The maximum atomic E-state index is 13.1. The Hall–Kier alpha value is -3.08. The standard InChI is InChI=1S/C20H10BrF6N3O/c21-14-3-1-10(2-4-14)16-8-17-28-15(9-18(31)30(17)29-16)11-5-12(19(22,23)24)7-13(6-11)20(25,26)27/h1-9,29H. The molecule has 4 nitrogen and oxygen atoms in total. The minimum absolute atomic E-state index is 0.0246. The van der Waals surface area contributed by atoms with Gasteiger partial charge in [0.15, 0.2) is 5.65 Å². The summed E-state index contributed by atoms with van der Waals surface area (Å²) < 4.78 is 80.7. The maximum absolute atomic E-state index is 13.1. The van der Waals surface area contributed by atoms with Crippen LogP contribution in [0.1, 0.15) is 11.1 Å². The highest BCUT2D eigenvalue weighted by Gasteiger charge is 2.37. The van der Waals surface area contributed by atoms with Gasteiger partial charge in [-0.15, -0.1) is 0 Å². The maximum Gasteiger partial charge on any atom is 0.416 e. The zero-order valence-electron chi connectivity index (χ0n) is 15.1. The fourth-order valence-electron chi connectivity index (χ4n) is 3.02. The van der Waals surface area contributed by atoms with Crippen molar-refractivity contribution in [3.05, 3.63) is 80.6 Å². The highest BCUT2D eigenvalue weighted by Crippen LogP contribution is 2.38. The van der Waals surface area contributed by atoms with Gasteiger partial charge in [-0.1, -0.05) is 28.1 Å². The summed E-state index contributed by atoms with van der Waals surface area (Å²) in [7, 11) is 0. The van der Waals surface area contributed by atoms with Gasteiger partial charge in [-0.25, -0.2) is 9.50 Å². The van der Waals surface area contributed by atoms with Gasteiger partial charge in [0.05, 0.1) is 22.5 Å². The molecule has 31 heavy (non-hydrogen) atoms. The first kappa shape index (κ1) is 21.2. The molecule has 2 heterocycles. The molecule has 0 amide bonds. The molecule has 0 radical (unpaired) electrons. The van der Waals surface area contributed by atoms with Gasteiger partial charge >= 0.3 is 12.4 Å². The van der Waals surface area contributed by atoms with E-state index in [1.54, 1.807) is 24.3 Å². The van der Waals surface area contributed by atoms with Gasteiger partial charge in [-0.05, 0) is 35.9 Å². The van der Waals surface area contributed by atoms with E-state index in [2.05, 4.69) is 26.0 Å². The van der Waals surface area contributed by atoms with E-state index in [1.165, 1.54) is 6.07 Å². The van der Waals surface area contributed by atoms with Crippen molar-refractivity contribution in [3.8, 4) is 22.5 Å². The molecule has 1 N–H and O–H groups in total. The van der Waals surface area contributed by atoms with Gasteiger partial charge in [-0.2, -0.15) is 26.3 Å². The van der Waals surface area contributed by atoms with Gasteiger partial charge < -0.3 is 0 Å². The molecule has 0 saturated heterocycles. The van der Waals surface area contributed by atoms with E-state index in [-0.39, 0.29) is 17.4 Å². The number of aromatic nitrogens is 3. The Morgan fingerprint density at radius 3 is 1.94 bits per heavy atom. The average Bonchev–Trinajstić information content (AvgIpc) is 3.11. The van der Waals surface area contributed by atoms with Gasteiger partial charge in [0.1, 0.15) is 0 Å². The van der Waals surface area contributed by atoms with E-state index in [0.717, 1.165) is 15.1 Å². The van der Waals surface area contributed by atoms with E-state index in [1.807, 2.05) is 0 Å². The second-order valence-corrected chi connectivity index (χ2v) is 7.56. The van der Waals surface area contributed by atoms with E-state index >= 15 is 0 Å². The molecule has 0 spiro atoms. The number of hydrogen-bond donors (Lipinski definition) is 1. The molecule has 2 aromatic heterocycles. The molecule has 0 bridgehead atoms. The minimum Gasteiger partial charge on any atom is -0.289 e. The van der Waals surface area contributed by atoms with Gasteiger partial charge in [0.25, 0.3) is 5.56 Å². The molecule has 0 atom stereocenters. The predicted octanol–water partition coefficient (Wildman–Crippen LogP) is 6.16. The molecule has 0 aliphatic rings. The summed E-state index contributed by atoms with van der Waals surface area (Å²) in [5.41, 5.74) is -3.17. The normalized spacial score (nSPS) is 12.5. The van der Waals surface area contributed by atoms with Crippen molar-refractivity contribution in [3.63, 3.8) is 0 Å². The summed E-state index contributed by atoms with van der Waals surface area (Å²) in [6, 6.07) is 10.5. The van der Waals surface area contributed by atoms with E-state index in [4.69, 9.17) is 0 Å². The zero-order valence-corrected chi connectivity index (χ0v) is 16.7. The topological polar surface area (TPSA) is 50.2 Å². The molecule has 160 valence electrons. The summed E-state index contributed by atoms with van der Waals surface area (Å²) in [5, 5.41) is 2.82. The summed E-state index contributed by atoms with van der Waals surface area (Å²) in [6.45, 7) is 0. The van der Waals surface area contributed by atoms with Crippen LogP contribution in [0.15, 0.2) is 63.9 Å². The molecule has 0 aliphatic carbocycles. The lowest BCUT2D eigenvalue weighted by molar-refractivity contribution is -0.143. The SMILES string of the molecule is O=c1cc(-c2cc(C(F)(F)F)cc(C(F)(F)F)c2)nc2cc(-c3ccc(Br)cc3)[nH]n12. The first-order valence-electron chi connectivity index (χ1n) is 8.60. The lowest BCUT2D eigenvalue weighted by Crippen LogP contribution is -2.15. The van der Waals surface area contributed by atoms with Crippen LogP contribution in [0, 0.1) is 0 Å². The summed E-state index contributed by atoms with van der Waals surface area (Å²) in [6.07, 6.45) is -10.0. The second kappa shape index (κ2) is 7.26. The van der Waals surface area contributed by atoms with Crippen LogP contribution in [-0.2, 0) is 12.4 Å². The zero-order chi connectivity index (χ0) is 22.6. The van der Waals surface area contributed by atoms with Crippen molar-refractivity contribution in [1.82, 2.24) is 14.6 Å². The molecule has 0 saturated carbocycles. The smallest absolute Gasteiger partial charge is 0.289 e. The van der Waals surface area contributed by atoms with Crippen LogP contribution in [0.4, 0.5) is 26.3 Å². The van der Waals surface area contributed by atoms with Crippen molar-refractivity contribution in [1.29, 1.82) is 0 Å². The van der Waals surface area contributed by atoms with Crippen molar-refractivity contribution in [2.45, 2.75) is 12.4 Å². The number of hydrogen-bond acceptors (Lipinski definition) is 2. The quantitative estimate of drug-likeness (QED) is 0.334. The third-order valence-corrected chi connectivity index (χ3v) is 5.02. The minimum atomic E-state index is -5.00. The van der Waals surface area contributed by atoms with Crippen LogP contribution in [0.3, 0.4) is 0 Å². The van der Waals surface area contributed by atoms with Crippen molar-refractivity contribution < 1.29 is 26.3 Å². The lowest BCUT2D eigenvalue weighted by atomic mass is 10.0. The number of aromatic amines is 1. The van der Waals surface area contributed by atoms with Crippen LogP contribution in [0.5, 0.6) is 0 Å². The van der Waals surface area contributed by atoms with Crippen molar-refractivity contribution >= 4 is 21.6 Å². The number of rotatable bonds is 2. The molecule has 0 unspecified atom stereocenters. The first-order chi connectivity index (χ1) is 14.4.